The first-order valence-corrected chi connectivity index (χ1v) is 5.15. The Morgan fingerprint density at radius 1 is 1.60 bits per heavy atom. The molecule has 0 aromatic carbocycles. The standard InChI is InChI=1S/C8H11N3O3S/c1-4(2)10-11-8-9-6(12)3-5(15-8)7(13)14/h5H,3H2,1-2H3,(H,13,14)(H,9,11,12). The number of carboxylic acid groups (broad SMARTS) is 1. The van der Waals surface area contributed by atoms with Gasteiger partial charge in [-0.15, -0.1) is 5.10 Å². The van der Waals surface area contributed by atoms with Crippen molar-refractivity contribution < 1.29 is 14.7 Å². The van der Waals surface area contributed by atoms with Gasteiger partial charge in [-0.25, -0.2) is 0 Å². The SMILES string of the molecule is CC(C)=N/N=C1/NC(=O)CC(C(=O)O)S1. The molecule has 6 nitrogen and oxygen atoms in total. The minimum absolute atomic E-state index is 0.0339. The normalized spacial score (nSPS) is 23.5. The second kappa shape index (κ2) is 4.92. The van der Waals surface area contributed by atoms with Crippen LogP contribution in [0.2, 0.25) is 0 Å². The summed E-state index contributed by atoms with van der Waals surface area (Å²) in [6.45, 7) is 3.52. The van der Waals surface area contributed by atoms with Gasteiger partial charge in [0.15, 0.2) is 5.17 Å². The van der Waals surface area contributed by atoms with Crippen LogP contribution in [0.4, 0.5) is 0 Å². The molecule has 82 valence electrons. The Kier molecular flexibility index (Phi) is 3.84. The predicted molar refractivity (Wildman–Crippen MR) is 58.0 cm³/mol. The molecule has 7 heteroatoms. The molecule has 1 aliphatic rings. The number of amidine groups is 1. The van der Waals surface area contributed by atoms with E-state index < -0.39 is 11.2 Å². The second-order valence-electron chi connectivity index (χ2n) is 3.15. The Bertz CT molecular complexity index is 347. The number of nitrogens with one attached hydrogen (secondary N) is 1. The highest BCUT2D eigenvalue weighted by Gasteiger charge is 2.29. The summed E-state index contributed by atoms with van der Waals surface area (Å²) < 4.78 is 0. The van der Waals surface area contributed by atoms with Crippen LogP contribution in [0.15, 0.2) is 10.2 Å². The molecular formula is C8H11N3O3S. The van der Waals surface area contributed by atoms with E-state index in [1.165, 1.54) is 0 Å². The van der Waals surface area contributed by atoms with Crippen LogP contribution in [-0.2, 0) is 9.59 Å². The highest BCUT2D eigenvalue weighted by molar-refractivity contribution is 8.15. The number of hydrogen-bond acceptors (Lipinski definition) is 5. The van der Waals surface area contributed by atoms with E-state index in [2.05, 4.69) is 15.5 Å². The number of hydrogen-bond donors (Lipinski definition) is 2. The third kappa shape index (κ3) is 3.70. The molecule has 1 amide bonds. The van der Waals surface area contributed by atoms with Crippen molar-refractivity contribution in [2.45, 2.75) is 25.5 Å². The Morgan fingerprint density at radius 2 is 2.27 bits per heavy atom. The monoisotopic (exact) mass is 229 g/mol. The number of carbonyl (C=O) groups excluding carboxylic acids is 1. The molecule has 1 unspecified atom stereocenters. The summed E-state index contributed by atoms with van der Waals surface area (Å²) in [5.41, 5.74) is 0.731. The lowest BCUT2D eigenvalue weighted by molar-refractivity contribution is -0.138. The molecule has 2 N–H and O–H groups in total. The Labute approximate surface area is 90.8 Å². The largest absolute Gasteiger partial charge is 0.480 e. The number of rotatable bonds is 2. The lowest BCUT2D eigenvalue weighted by atomic mass is 10.3. The number of amides is 1. The van der Waals surface area contributed by atoms with Crippen molar-refractivity contribution in [2.75, 3.05) is 0 Å². The summed E-state index contributed by atoms with van der Waals surface area (Å²) in [5.74, 6) is -1.36. The number of carbonyl (C=O) groups is 2. The quantitative estimate of drug-likeness (QED) is 0.531. The fraction of sp³-hybridized carbons (Fsp3) is 0.500. The van der Waals surface area contributed by atoms with Crippen LogP contribution in [0.3, 0.4) is 0 Å². The zero-order valence-corrected chi connectivity index (χ0v) is 9.17. The molecule has 0 saturated carbocycles. The van der Waals surface area contributed by atoms with Crippen molar-refractivity contribution in [2.24, 2.45) is 10.2 Å². The molecule has 0 aromatic heterocycles. The Balaban J connectivity index is 2.76. The topological polar surface area (TPSA) is 91.1 Å². The number of carboxylic acids is 1. The number of aliphatic carboxylic acids is 1. The van der Waals surface area contributed by atoms with Gasteiger partial charge in [0.2, 0.25) is 5.91 Å². The van der Waals surface area contributed by atoms with Gasteiger partial charge >= 0.3 is 5.97 Å². The zero-order valence-electron chi connectivity index (χ0n) is 8.35. The van der Waals surface area contributed by atoms with Gasteiger partial charge in [0.25, 0.3) is 0 Å². The van der Waals surface area contributed by atoms with Crippen LogP contribution in [0.5, 0.6) is 0 Å². The third-order valence-electron chi connectivity index (χ3n) is 1.49. The van der Waals surface area contributed by atoms with Gasteiger partial charge in [0, 0.05) is 12.1 Å². The average molecular weight is 229 g/mol. The maximum atomic E-state index is 11.1. The summed E-state index contributed by atoms with van der Waals surface area (Å²) in [7, 11) is 0. The Hall–Kier alpha value is -1.37. The van der Waals surface area contributed by atoms with Crippen molar-refractivity contribution in [1.29, 1.82) is 0 Å². The van der Waals surface area contributed by atoms with Gasteiger partial charge in [0.05, 0.1) is 0 Å². The molecule has 1 aliphatic heterocycles. The second-order valence-corrected chi connectivity index (χ2v) is 4.34. The first-order valence-electron chi connectivity index (χ1n) is 4.27. The van der Waals surface area contributed by atoms with Crippen LogP contribution >= 0.6 is 11.8 Å². The van der Waals surface area contributed by atoms with Crippen LogP contribution in [0.25, 0.3) is 0 Å². The fourth-order valence-corrected chi connectivity index (χ4v) is 1.74. The maximum absolute atomic E-state index is 11.1. The van der Waals surface area contributed by atoms with E-state index in [9.17, 15) is 9.59 Å². The van der Waals surface area contributed by atoms with Gasteiger partial charge < -0.3 is 10.4 Å². The molecule has 0 radical (unpaired) electrons. The molecule has 0 bridgehead atoms. The highest BCUT2D eigenvalue weighted by atomic mass is 32.2. The third-order valence-corrected chi connectivity index (χ3v) is 2.55. The van der Waals surface area contributed by atoms with E-state index in [4.69, 9.17) is 5.11 Å². The molecule has 1 rings (SSSR count). The van der Waals surface area contributed by atoms with Gasteiger partial charge in [0.1, 0.15) is 5.25 Å². The van der Waals surface area contributed by atoms with Gasteiger partial charge in [-0.3, -0.25) is 9.59 Å². The van der Waals surface area contributed by atoms with Crippen LogP contribution in [0.1, 0.15) is 20.3 Å². The molecule has 1 heterocycles. The van der Waals surface area contributed by atoms with Crippen molar-refractivity contribution in [3.8, 4) is 0 Å². The molecule has 0 aromatic rings. The lowest BCUT2D eigenvalue weighted by Crippen LogP contribution is -2.40. The minimum atomic E-state index is -1.01. The summed E-state index contributed by atoms with van der Waals surface area (Å²) in [6.07, 6.45) is -0.0339. The Morgan fingerprint density at radius 3 is 2.80 bits per heavy atom. The molecule has 1 fully saturated rings. The van der Waals surface area contributed by atoms with E-state index in [0.29, 0.717) is 0 Å². The van der Waals surface area contributed by atoms with Crippen molar-refractivity contribution in [3.63, 3.8) is 0 Å². The van der Waals surface area contributed by atoms with Gasteiger partial charge in [-0.1, -0.05) is 11.8 Å². The maximum Gasteiger partial charge on any atom is 0.317 e. The van der Waals surface area contributed by atoms with E-state index in [1.54, 1.807) is 13.8 Å². The predicted octanol–water partition coefficient (Wildman–Crippen LogP) is 0.444. The van der Waals surface area contributed by atoms with E-state index in [0.717, 1.165) is 17.5 Å². The van der Waals surface area contributed by atoms with E-state index >= 15 is 0 Å². The van der Waals surface area contributed by atoms with Crippen LogP contribution in [0, 0.1) is 0 Å². The minimum Gasteiger partial charge on any atom is -0.480 e. The molecule has 1 saturated heterocycles. The summed E-state index contributed by atoms with van der Waals surface area (Å²) in [4.78, 5) is 21.8. The zero-order chi connectivity index (χ0) is 11.4. The summed E-state index contributed by atoms with van der Waals surface area (Å²) >= 11 is 0.997. The molecule has 1 atom stereocenters. The van der Waals surface area contributed by atoms with Crippen LogP contribution in [-0.4, -0.2) is 33.1 Å². The fourth-order valence-electron chi connectivity index (χ4n) is 0.876. The lowest BCUT2D eigenvalue weighted by Gasteiger charge is -2.18. The molecule has 15 heavy (non-hydrogen) atoms. The van der Waals surface area contributed by atoms with E-state index in [1.807, 2.05) is 0 Å². The average Bonchev–Trinajstić information content (AvgIpc) is 2.13. The van der Waals surface area contributed by atoms with Crippen molar-refractivity contribution in [1.82, 2.24) is 5.32 Å². The first kappa shape index (κ1) is 11.7. The summed E-state index contributed by atoms with van der Waals surface area (Å²) in [5, 5.41) is 18.2. The van der Waals surface area contributed by atoms with Gasteiger partial charge in [-0.05, 0) is 13.8 Å². The van der Waals surface area contributed by atoms with Crippen molar-refractivity contribution in [3.05, 3.63) is 0 Å². The van der Waals surface area contributed by atoms with Gasteiger partial charge in [-0.2, -0.15) is 5.10 Å². The number of nitrogens with zero attached hydrogens (tertiary/aromatic N) is 2. The molecular weight excluding hydrogens is 218 g/mol. The molecule has 0 aliphatic carbocycles. The first-order chi connectivity index (χ1) is 6.99. The summed E-state index contributed by atoms with van der Waals surface area (Å²) in [6, 6.07) is 0. The molecule has 0 spiro atoms. The van der Waals surface area contributed by atoms with Crippen molar-refractivity contribution >= 4 is 34.5 Å². The van der Waals surface area contributed by atoms with E-state index in [-0.39, 0.29) is 17.5 Å². The number of thioether (sulfide) groups is 1. The highest BCUT2D eigenvalue weighted by Crippen LogP contribution is 2.20. The van der Waals surface area contributed by atoms with Crippen LogP contribution < -0.4 is 5.32 Å². The smallest absolute Gasteiger partial charge is 0.317 e.